The summed E-state index contributed by atoms with van der Waals surface area (Å²) in [6.07, 6.45) is -2.36. The van der Waals surface area contributed by atoms with Gasteiger partial charge in [-0.25, -0.2) is 13.6 Å². The minimum Gasteiger partial charge on any atom is -0.443 e. The van der Waals surface area contributed by atoms with Crippen molar-refractivity contribution in [2.24, 2.45) is 5.41 Å². The smallest absolute Gasteiger partial charge is 0.409 e. The number of alkyl halides is 2. The lowest BCUT2D eigenvalue weighted by molar-refractivity contribution is 0.0273. The quantitative estimate of drug-likeness (QED) is 0.710. The first-order valence-electron chi connectivity index (χ1n) is 5.52. The Bertz CT molecular complexity index is 220. The molecule has 0 saturated heterocycles. The van der Waals surface area contributed by atoms with E-state index in [-0.39, 0.29) is 5.41 Å². The fourth-order valence-electron chi connectivity index (χ4n) is 1.16. The third kappa shape index (κ3) is 5.88. The highest BCUT2D eigenvalue weighted by Crippen LogP contribution is 2.21. The zero-order chi connectivity index (χ0) is 12.8. The molecule has 0 heterocycles. The molecule has 0 atom stereocenters. The Hall–Kier alpha value is -0.870. The highest BCUT2D eigenvalue weighted by Gasteiger charge is 2.23. The van der Waals surface area contributed by atoms with Crippen molar-refractivity contribution in [2.45, 2.75) is 40.5 Å². The molecule has 16 heavy (non-hydrogen) atoms. The summed E-state index contributed by atoms with van der Waals surface area (Å²) in [6.45, 7) is 8.02. The molecule has 0 saturated carbocycles. The molecule has 5 heteroatoms. The first-order chi connectivity index (χ1) is 7.32. The second-order valence-electron chi connectivity index (χ2n) is 4.50. The van der Waals surface area contributed by atoms with Crippen molar-refractivity contribution in [1.82, 2.24) is 4.90 Å². The van der Waals surface area contributed by atoms with Crippen LogP contribution in [0.1, 0.15) is 34.1 Å². The Morgan fingerprint density at radius 3 is 2.31 bits per heavy atom. The first-order valence-corrected chi connectivity index (χ1v) is 5.52. The SMILES string of the molecule is CCN(CC(C)(C)CC)C(=O)OCC(F)F. The van der Waals surface area contributed by atoms with Gasteiger partial charge in [-0.2, -0.15) is 0 Å². The van der Waals surface area contributed by atoms with Gasteiger partial charge in [0.05, 0.1) is 0 Å². The number of hydrogen-bond donors (Lipinski definition) is 0. The predicted octanol–water partition coefficient (Wildman–Crippen LogP) is 3.15. The van der Waals surface area contributed by atoms with Crippen molar-refractivity contribution in [3.05, 3.63) is 0 Å². The fourth-order valence-corrected chi connectivity index (χ4v) is 1.16. The van der Waals surface area contributed by atoms with E-state index in [9.17, 15) is 13.6 Å². The van der Waals surface area contributed by atoms with Crippen molar-refractivity contribution in [3.63, 3.8) is 0 Å². The molecule has 0 aromatic rings. The summed E-state index contributed by atoms with van der Waals surface area (Å²) in [5, 5.41) is 0. The highest BCUT2D eigenvalue weighted by atomic mass is 19.3. The third-order valence-corrected chi connectivity index (χ3v) is 2.55. The van der Waals surface area contributed by atoms with Gasteiger partial charge in [0.15, 0.2) is 6.61 Å². The van der Waals surface area contributed by atoms with Gasteiger partial charge in [0.25, 0.3) is 6.43 Å². The van der Waals surface area contributed by atoms with Crippen LogP contribution in [0.4, 0.5) is 13.6 Å². The number of halogens is 2. The molecule has 3 nitrogen and oxygen atoms in total. The van der Waals surface area contributed by atoms with E-state index < -0.39 is 19.1 Å². The van der Waals surface area contributed by atoms with Crippen LogP contribution in [0.25, 0.3) is 0 Å². The van der Waals surface area contributed by atoms with Gasteiger partial charge in [-0.05, 0) is 18.8 Å². The lowest BCUT2D eigenvalue weighted by Gasteiger charge is -2.30. The third-order valence-electron chi connectivity index (χ3n) is 2.55. The van der Waals surface area contributed by atoms with Gasteiger partial charge in [0, 0.05) is 13.1 Å². The zero-order valence-corrected chi connectivity index (χ0v) is 10.4. The standard InChI is InChI=1S/C11H21F2NO2/c1-5-11(3,4)8-14(6-2)10(15)16-7-9(12)13/h9H,5-8H2,1-4H3. The molecule has 0 aromatic heterocycles. The molecule has 0 aliphatic carbocycles. The molecular weight excluding hydrogens is 216 g/mol. The summed E-state index contributed by atoms with van der Waals surface area (Å²) in [7, 11) is 0. The summed E-state index contributed by atoms with van der Waals surface area (Å²) in [6, 6.07) is 0. The second kappa shape index (κ2) is 6.66. The number of ether oxygens (including phenoxy) is 1. The van der Waals surface area contributed by atoms with Gasteiger partial charge in [-0.3, -0.25) is 0 Å². The summed E-state index contributed by atoms with van der Waals surface area (Å²) in [5.74, 6) is 0. The normalized spacial score (nSPS) is 11.7. The Balaban J connectivity index is 4.22. The van der Waals surface area contributed by atoms with Gasteiger partial charge < -0.3 is 9.64 Å². The molecule has 0 aliphatic rings. The monoisotopic (exact) mass is 237 g/mol. The topological polar surface area (TPSA) is 29.5 Å². The van der Waals surface area contributed by atoms with E-state index in [1.807, 2.05) is 20.8 Å². The molecule has 0 rings (SSSR count). The summed E-state index contributed by atoms with van der Waals surface area (Å²) >= 11 is 0. The molecule has 0 radical (unpaired) electrons. The predicted molar refractivity (Wildman–Crippen MR) is 58.7 cm³/mol. The Labute approximate surface area is 95.8 Å². The first kappa shape index (κ1) is 15.1. The van der Waals surface area contributed by atoms with Crippen molar-refractivity contribution < 1.29 is 18.3 Å². The van der Waals surface area contributed by atoms with Gasteiger partial charge in [0.2, 0.25) is 0 Å². The van der Waals surface area contributed by atoms with E-state index in [4.69, 9.17) is 0 Å². The molecule has 0 aliphatic heterocycles. The summed E-state index contributed by atoms with van der Waals surface area (Å²) in [4.78, 5) is 12.9. The molecule has 0 N–H and O–H groups in total. The summed E-state index contributed by atoms with van der Waals surface area (Å²) in [5.41, 5.74) is -0.0279. The number of carbonyl (C=O) groups is 1. The number of rotatable bonds is 6. The largest absolute Gasteiger partial charge is 0.443 e. The van der Waals surface area contributed by atoms with E-state index >= 15 is 0 Å². The molecular formula is C11H21F2NO2. The van der Waals surface area contributed by atoms with Crippen LogP contribution in [-0.4, -0.2) is 37.1 Å². The van der Waals surface area contributed by atoms with Crippen molar-refractivity contribution >= 4 is 6.09 Å². The highest BCUT2D eigenvalue weighted by molar-refractivity contribution is 5.67. The van der Waals surface area contributed by atoms with E-state index in [2.05, 4.69) is 4.74 Å². The van der Waals surface area contributed by atoms with Crippen LogP contribution in [-0.2, 0) is 4.74 Å². The average Bonchev–Trinajstić information content (AvgIpc) is 2.22. The fraction of sp³-hybridized carbons (Fsp3) is 0.909. The summed E-state index contributed by atoms with van der Waals surface area (Å²) < 4.78 is 28.2. The van der Waals surface area contributed by atoms with E-state index in [0.29, 0.717) is 13.1 Å². The van der Waals surface area contributed by atoms with Gasteiger partial charge in [-0.15, -0.1) is 0 Å². The molecule has 0 unspecified atom stereocenters. The van der Waals surface area contributed by atoms with Crippen LogP contribution in [0.3, 0.4) is 0 Å². The molecule has 0 aromatic carbocycles. The zero-order valence-electron chi connectivity index (χ0n) is 10.4. The Morgan fingerprint density at radius 1 is 1.38 bits per heavy atom. The van der Waals surface area contributed by atoms with E-state index in [1.54, 1.807) is 6.92 Å². The molecule has 0 fully saturated rings. The molecule has 0 spiro atoms. The van der Waals surface area contributed by atoms with Crippen LogP contribution in [0.15, 0.2) is 0 Å². The Morgan fingerprint density at radius 2 is 1.94 bits per heavy atom. The van der Waals surface area contributed by atoms with Crippen molar-refractivity contribution in [1.29, 1.82) is 0 Å². The molecule has 0 bridgehead atoms. The van der Waals surface area contributed by atoms with Gasteiger partial charge in [-0.1, -0.05) is 20.8 Å². The maximum absolute atomic E-state index is 11.9. The average molecular weight is 237 g/mol. The van der Waals surface area contributed by atoms with Crippen LogP contribution < -0.4 is 0 Å². The number of amides is 1. The lowest BCUT2D eigenvalue weighted by atomic mass is 9.90. The van der Waals surface area contributed by atoms with E-state index in [0.717, 1.165) is 6.42 Å². The van der Waals surface area contributed by atoms with Crippen molar-refractivity contribution in [2.75, 3.05) is 19.7 Å². The second-order valence-corrected chi connectivity index (χ2v) is 4.50. The minimum atomic E-state index is -2.61. The number of hydrogen-bond acceptors (Lipinski definition) is 2. The number of nitrogens with zero attached hydrogens (tertiary/aromatic N) is 1. The van der Waals surface area contributed by atoms with Crippen LogP contribution in [0, 0.1) is 5.41 Å². The maximum Gasteiger partial charge on any atom is 0.409 e. The molecule has 96 valence electrons. The maximum atomic E-state index is 11.9. The Kier molecular flexibility index (Phi) is 6.29. The van der Waals surface area contributed by atoms with Crippen LogP contribution >= 0.6 is 0 Å². The number of carbonyl (C=O) groups excluding carboxylic acids is 1. The minimum absolute atomic E-state index is 0.0279. The van der Waals surface area contributed by atoms with Crippen molar-refractivity contribution in [3.8, 4) is 0 Å². The molecule has 1 amide bonds. The van der Waals surface area contributed by atoms with Crippen LogP contribution in [0.5, 0.6) is 0 Å². The van der Waals surface area contributed by atoms with E-state index in [1.165, 1.54) is 4.90 Å². The van der Waals surface area contributed by atoms with Gasteiger partial charge >= 0.3 is 6.09 Å². The van der Waals surface area contributed by atoms with Crippen LogP contribution in [0.2, 0.25) is 0 Å². The van der Waals surface area contributed by atoms with Gasteiger partial charge in [0.1, 0.15) is 0 Å². The lowest BCUT2D eigenvalue weighted by Crippen LogP contribution is -2.39.